The maximum Gasteiger partial charge on any atom is 0.122 e. The average molecular weight is 215 g/mol. The third kappa shape index (κ3) is 1.99. The minimum atomic E-state index is 0.794. The third-order valence-corrected chi connectivity index (χ3v) is 2.77. The molecule has 0 radical (unpaired) electrons. The van der Waals surface area contributed by atoms with E-state index in [-0.39, 0.29) is 0 Å². The predicted octanol–water partition coefficient (Wildman–Crippen LogP) is 2.11. The fraction of sp³-hybridized carbons (Fsp3) is 0.308. The van der Waals surface area contributed by atoms with Gasteiger partial charge in [-0.05, 0) is 19.5 Å². The number of hydrogen-bond acceptors (Lipinski definition) is 2. The summed E-state index contributed by atoms with van der Waals surface area (Å²) in [5.41, 5.74) is 3.65. The van der Waals surface area contributed by atoms with Gasteiger partial charge in [-0.1, -0.05) is 29.8 Å². The van der Waals surface area contributed by atoms with Crippen LogP contribution in [0.15, 0.2) is 30.5 Å². The Kier molecular flexibility index (Phi) is 3.06. The van der Waals surface area contributed by atoms with Gasteiger partial charge in [-0.15, -0.1) is 0 Å². The van der Waals surface area contributed by atoms with E-state index in [1.807, 2.05) is 13.2 Å². The van der Waals surface area contributed by atoms with Crippen molar-refractivity contribution in [3.63, 3.8) is 0 Å². The smallest absolute Gasteiger partial charge is 0.122 e. The van der Waals surface area contributed by atoms with Gasteiger partial charge in [0.05, 0.1) is 18.4 Å². The van der Waals surface area contributed by atoms with Gasteiger partial charge < -0.3 is 9.88 Å². The van der Waals surface area contributed by atoms with Gasteiger partial charge in [0.1, 0.15) is 5.82 Å². The van der Waals surface area contributed by atoms with Crippen LogP contribution in [0.3, 0.4) is 0 Å². The molecular formula is C13H17N3. The van der Waals surface area contributed by atoms with E-state index in [1.54, 1.807) is 0 Å². The van der Waals surface area contributed by atoms with E-state index in [1.165, 1.54) is 11.1 Å². The van der Waals surface area contributed by atoms with Crippen LogP contribution in [0, 0.1) is 6.92 Å². The molecule has 0 aliphatic carbocycles. The second-order valence-corrected chi connectivity index (χ2v) is 4.02. The summed E-state index contributed by atoms with van der Waals surface area (Å²) in [7, 11) is 3.98. The average Bonchev–Trinajstić information content (AvgIpc) is 2.63. The van der Waals surface area contributed by atoms with Gasteiger partial charge in [-0.2, -0.15) is 0 Å². The van der Waals surface area contributed by atoms with Crippen molar-refractivity contribution < 1.29 is 0 Å². The van der Waals surface area contributed by atoms with Gasteiger partial charge in [-0.25, -0.2) is 4.98 Å². The summed E-state index contributed by atoms with van der Waals surface area (Å²) in [6.07, 6.45) is 1.93. The minimum absolute atomic E-state index is 0.794. The Hall–Kier alpha value is -1.61. The van der Waals surface area contributed by atoms with E-state index in [0.717, 1.165) is 18.1 Å². The zero-order valence-electron chi connectivity index (χ0n) is 9.99. The molecule has 0 atom stereocenters. The summed E-state index contributed by atoms with van der Waals surface area (Å²) in [5, 5.41) is 3.12. The Bertz CT molecular complexity index is 468. The van der Waals surface area contributed by atoms with E-state index in [0.29, 0.717) is 0 Å². The van der Waals surface area contributed by atoms with Crippen LogP contribution in [0.25, 0.3) is 11.3 Å². The van der Waals surface area contributed by atoms with Crippen molar-refractivity contribution in [1.82, 2.24) is 14.9 Å². The Morgan fingerprint density at radius 1 is 1.25 bits per heavy atom. The molecule has 1 aromatic heterocycles. The van der Waals surface area contributed by atoms with Gasteiger partial charge in [0.2, 0.25) is 0 Å². The summed E-state index contributed by atoms with van der Waals surface area (Å²) < 4.78 is 2.13. The number of nitrogens with zero attached hydrogens (tertiary/aromatic N) is 2. The lowest BCUT2D eigenvalue weighted by Gasteiger charge is -2.06. The number of hydrogen-bond donors (Lipinski definition) is 1. The normalized spacial score (nSPS) is 10.7. The molecule has 2 aromatic rings. The second kappa shape index (κ2) is 4.49. The SMILES string of the molecule is CNCc1ncc(-c2ccc(C)cc2)n1C. The van der Waals surface area contributed by atoms with Crippen LogP contribution in [0.5, 0.6) is 0 Å². The summed E-state index contributed by atoms with van der Waals surface area (Å²) in [6, 6.07) is 8.52. The molecule has 16 heavy (non-hydrogen) atoms. The van der Waals surface area contributed by atoms with Crippen LogP contribution in [-0.2, 0) is 13.6 Å². The van der Waals surface area contributed by atoms with Crippen LogP contribution in [-0.4, -0.2) is 16.6 Å². The molecule has 3 heteroatoms. The summed E-state index contributed by atoms with van der Waals surface area (Å²) in [5.74, 6) is 1.05. The predicted molar refractivity (Wildman–Crippen MR) is 66.1 cm³/mol. The highest BCUT2D eigenvalue weighted by Gasteiger charge is 2.06. The van der Waals surface area contributed by atoms with Gasteiger partial charge >= 0.3 is 0 Å². The highest BCUT2D eigenvalue weighted by molar-refractivity contribution is 5.59. The highest BCUT2D eigenvalue weighted by Crippen LogP contribution is 2.20. The molecular weight excluding hydrogens is 198 g/mol. The Labute approximate surface area is 96.1 Å². The lowest BCUT2D eigenvalue weighted by atomic mass is 10.1. The standard InChI is InChI=1S/C13H17N3/c1-10-4-6-11(7-5-10)12-8-15-13(9-14-2)16(12)3/h4-8,14H,9H2,1-3H3. The van der Waals surface area contributed by atoms with Crippen LogP contribution >= 0.6 is 0 Å². The fourth-order valence-electron chi connectivity index (χ4n) is 1.76. The molecule has 1 N–H and O–H groups in total. The first-order chi connectivity index (χ1) is 7.72. The van der Waals surface area contributed by atoms with Crippen molar-refractivity contribution in [2.45, 2.75) is 13.5 Å². The van der Waals surface area contributed by atoms with Gasteiger partial charge in [0, 0.05) is 7.05 Å². The van der Waals surface area contributed by atoms with E-state index in [4.69, 9.17) is 0 Å². The first kappa shape index (κ1) is 10.9. The number of nitrogens with one attached hydrogen (secondary N) is 1. The van der Waals surface area contributed by atoms with Gasteiger partial charge in [0.25, 0.3) is 0 Å². The molecule has 1 heterocycles. The maximum atomic E-state index is 4.40. The van der Waals surface area contributed by atoms with Crippen molar-refractivity contribution >= 4 is 0 Å². The molecule has 2 rings (SSSR count). The molecule has 0 saturated heterocycles. The summed E-state index contributed by atoms with van der Waals surface area (Å²) >= 11 is 0. The molecule has 0 amide bonds. The van der Waals surface area contributed by atoms with E-state index >= 15 is 0 Å². The van der Waals surface area contributed by atoms with Crippen LogP contribution in [0.4, 0.5) is 0 Å². The number of imidazole rings is 1. The number of benzene rings is 1. The lowest BCUT2D eigenvalue weighted by Crippen LogP contribution is -2.10. The van der Waals surface area contributed by atoms with Crippen molar-refractivity contribution in [2.75, 3.05) is 7.05 Å². The Morgan fingerprint density at radius 2 is 1.94 bits per heavy atom. The van der Waals surface area contributed by atoms with E-state index < -0.39 is 0 Å². The first-order valence-corrected chi connectivity index (χ1v) is 5.44. The van der Waals surface area contributed by atoms with Crippen LogP contribution < -0.4 is 5.32 Å². The van der Waals surface area contributed by atoms with Crippen molar-refractivity contribution in [3.8, 4) is 11.3 Å². The van der Waals surface area contributed by atoms with Crippen molar-refractivity contribution in [1.29, 1.82) is 0 Å². The summed E-state index contributed by atoms with van der Waals surface area (Å²) in [4.78, 5) is 4.40. The lowest BCUT2D eigenvalue weighted by molar-refractivity contribution is 0.712. The molecule has 0 unspecified atom stereocenters. The maximum absolute atomic E-state index is 4.40. The molecule has 0 bridgehead atoms. The van der Waals surface area contributed by atoms with E-state index in [2.05, 4.69) is 53.1 Å². The fourth-order valence-corrected chi connectivity index (χ4v) is 1.76. The Morgan fingerprint density at radius 3 is 2.56 bits per heavy atom. The number of aromatic nitrogens is 2. The minimum Gasteiger partial charge on any atom is -0.330 e. The molecule has 0 aliphatic rings. The Balaban J connectivity index is 2.37. The largest absolute Gasteiger partial charge is 0.330 e. The monoisotopic (exact) mass is 215 g/mol. The molecule has 0 fully saturated rings. The van der Waals surface area contributed by atoms with Gasteiger partial charge in [-0.3, -0.25) is 0 Å². The quantitative estimate of drug-likeness (QED) is 0.850. The second-order valence-electron chi connectivity index (χ2n) is 4.02. The molecule has 0 spiro atoms. The molecule has 1 aromatic carbocycles. The topological polar surface area (TPSA) is 29.9 Å². The van der Waals surface area contributed by atoms with E-state index in [9.17, 15) is 0 Å². The first-order valence-electron chi connectivity index (χ1n) is 5.44. The zero-order chi connectivity index (χ0) is 11.5. The zero-order valence-corrected chi connectivity index (χ0v) is 9.99. The highest BCUT2D eigenvalue weighted by atomic mass is 15.1. The van der Waals surface area contributed by atoms with Gasteiger partial charge in [0.15, 0.2) is 0 Å². The molecule has 3 nitrogen and oxygen atoms in total. The number of rotatable bonds is 3. The van der Waals surface area contributed by atoms with Crippen LogP contribution in [0.2, 0.25) is 0 Å². The molecule has 0 saturated carbocycles. The third-order valence-electron chi connectivity index (χ3n) is 2.77. The molecule has 84 valence electrons. The van der Waals surface area contributed by atoms with Crippen molar-refractivity contribution in [3.05, 3.63) is 41.9 Å². The number of aryl methyl sites for hydroxylation is 1. The van der Waals surface area contributed by atoms with Crippen molar-refractivity contribution in [2.24, 2.45) is 7.05 Å². The van der Waals surface area contributed by atoms with Crippen LogP contribution in [0.1, 0.15) is 11.4 Å². The summed E-state index contributed by atoms with van der Waals surface area (Å²) in [6.45, 7) is 2.89. The molecule has 0 aliphatic heterocycles.